The number of carbonyl (C=O) groups excluding carboxylic acids is 1. The van der Waals surface area contributed by atoms with Crippen LogP contribution in [0.4, 0.5) is 8.78 Å². The molecule has 25 heavy (non-hydrogen) atoms. The molecular weight excluding hydrogens is 330 g/mol. The van der Waals surface area contributed by atoms with Gasteiger partial charge in [-0.2, -0.15) is 0 Å². The van der Waals surface area contributed by atoms with Crippen molar-refractivity contribution >= 4 is 17.4 Å². The predicted octanol–water partition coefficient (Wildman–Crippen LogP) is 3.91. The lowest BCUT2D eigenvalue weighted by atomic mass is 9.83. The van der Waals surface area contributed by atoms with Crippen LogP contribution in [0.1, 0.15) is 64.8 Å². The van der Waals surface area contributed by atoms with E-state index >= 15 is 0 Å². The standard InChI is InChI=1S/C18H20F2N2O3/c1-10-7-13(17(24)25)9-15-21-16(11(2)23)14(22(10)15)8-12-3-5-18(19,20)6-4-12/h7,9,12H,3-6,8H2,1-2H3,(H,24,25). The summed E-state index contributed by atoms with van der Waals surface area (Å²) in [5, 5.41) is 9.19. The summed E-state index contributed by atoms with van der Waals surface area (Å²) >= 11 is 0. The molecule has 2 aromatic heterocycles. The number of fused-ring (bicyclic) bond motifs is 1. The quantitative estimate of drug-likeness (QED) is 0.849. The smallest absolute Gasteiger partial charge is 0.335 e. The first-order valence-corrected chi connectivity index (χ1v) is 8.32. The van der Waals surface area contributed by atoms with Crippen LogP contribution in [0, 0.1) is 12.8 Å². The van der Waals surface area contributed by atoms with Crippen molar-refractivity contribution in [1.82, 2.24) is 9.38 Å². The van der Waals surface area contributed by atoms with E-state index in [2.05, 4.69) is 4.98 Å². The van der Waals surface area contributed by atoms with E-state index in [9.17, 15) is 23.5 Å². The first kappa shape index (κ1) is 17.5. The van der Waals surface area contributed by atoms with E-state index in [4.69, 9.17) is 0 Å². The zero-order chi connectivity index (χ0) is 18.4. The van der Waals surface area contributed by atoms with Gasteiger partial charge in [0.1, 0.15) is 11.3 Å². The SMILES string of the molecule is CC(=O)c1nc2cc(C(=O)O)cc(C)n2c1CC1CCC(F)(F)CC1. The number of carbonyl (C=O) groups is 2. The number of aryl methyl sites for hydroxylation is 1. The van der Waals surface area contributed by atoms with Crippen molar-refractivity contribution in [2.45, 2.75) is 51.9 Å². The van der Waals surface area contributed by atoms with Crippen LogP contribution in [0.2, 0.25) is 0 Å². The third kappa shape index (κ3) is 3.41. The number of aromatic nitrogens is 2. The van der Waals surface area contributed by atoms with Crippen LogP contribution in [-0.2, 0) is 6.42 Å². The summed E-state index contributed by atoms with van der Waals surface area (Å²) in [6, 6.07) is 2.96. The van der Waals surface area contributed by atoms with E-state index in [0.29, 0.717) is 42.0 Å². The average Bonchev–Trinajstić information content (AvgIpc) is 2.88. The van der Waals surface area contributed by atoms with Crippen molar-refractivity contribution in [3.63, 3.8) is 0 Å². The second kappa shape index (κ2) is 6.20. The Kier molecular flexibility index (Phi) is 4.34. The molecule has 0 saturated heterocycles. The van der Waals surface area contributed by atoms with Crippen LogP contribution in [0.25, 0.3) is 5.65 Å². The van der Waals surface area contributed by atoms with Crippen molar-refractivity contribution in [2.24, 2.45) is 5.92 Å². The van der Waals surface area contributed by atoms with Crippen molar-refractivity contribution in [3.05, 3.63) is 34.8 Å². The highest BCUT2D eigenvalue weighted by atomic mass is 19.3. The Labute approximate surface area is 143 Å². The molecule has 2 aromatic rings. The normalized spacial score (nSPS) is 17.8. The molecule has 0 aromatic carbocycles. The van der Waals surface area contributed by atoms with Gasteiger partial charge in [0.2, 0.25) is 5.92 Å². The zero-order valence-electron chi connectivity index (χ0n) is 14.2. The van der Waals surface area contributed by atoms with Gasteiger partial charge in [-0.25, -0.2) is 18.6 Å². The Bertz CT molecular complexity index is 848. The fraction of sp³-hybridized carbons (Fsp3) is 0.500. The van der Waals surface area contributed by atoms with Gasteiger partial charge in [-0.1, -0.05) is 0 Å². The Morgan fingerprint density at radius 1 is 1.32 bits per heavy atom. The number of hydrogen-bond donors (Lipinski definition) is 1. The second-order valence-electron chi connectivity index (χ2n) is 6.85. The molecule has 1 aliphatic rings. The van der Waals surface area contributed by atoms with Crippen LogP contribution < -0.4 is 0 Å². The molecule has 0 bridgehead atoms. The average molecular weight is 350 g/mol. The van der Waals surface area contributed by atoms with Crippen molar-refractivity contribution in [2.75, 3.05) is 0 Å². The summed E-state index contributed by atoms with van der Waals surface area (Å²) in [7, 11) is 0. The lowest BCUT2D eigenvalue weighted by Gasteiger charge is -2.28. The van der Waals surface area contributed by atoms with Crippen LogP contribution in [0.5, 0.6) is 0 Å². The number of halogens is 2. The van der Waals surface area contributed by atoms with Gasteiger partial charge >= 0.3 is 5.97 Å². The van der Waals surface area contributed by atoms with Crippen molar-refractivity contribution in [1.29, 1.82) is 0 Å². The first-order chi connectivity index (χ1) is 11.7. The van der Waals surface area contributed by atoms with Gasteiger partial charge < -0.3 is 9.51 Å². The van der Waals surface area contributed by atoms with Gasteiger partial charge in [0.25, 0.3) is 0 Å². The summed E-state index contributed by atoms with van der Waals surface area (Å²) in [6.45, 7) is 3.16. The predicted molar refractivity (Wildman–Crippen MR) is 87.5 cm³/mol. The zero-order valence-corrected chi connectivity index (χ0v) is 14.2. The maximum absolute atomic E-state index is 13.4. The summed E-state index contributed by atoms with van der Waals surface area (Å²) in [6.07, 6.45) is 1.03. The van der Waals surface area contributed by atoms with E-state index in [1.807, 2.05) is 0 Å². The molecular formula is C18H20F2N2O3. The number of rotatable bonds is 4. The number of alkyl halides is 2. The molecule has 1 fully saturated rings. The molecule has 134 valence electrons. The molecule has 3 rings (SSSR count). The summed E-state index contributed by atoms with van der Waals surface area (Å²) in [4.78, 5) is 27.5. The van der Waals surface area contributed by atoms with Gasteiger partial charge in [0.15, 0.2) is 5.78 Å². The van der Waals surface area contributed by atoms with Crippen molar-refractivity contribution < 1.29 is 23.5 Å². The largest absolute Gasteiger partial charge is 0.478 e. The minimum atomic E-state index is -2.59. The third-order valence-electron chi connectivity index (χ3n) is 4.90. The lowest BCUT2D eigenvalue weighted by Crippen LogP contribution is -2.26. The molecule has 0 unspecified atom stereocenters. The minimum Gasteiger partial charge on any atom is -0.478 e. The first-order valence-electron chi connectivity index (χ1n) is 8.32. The highest BCUT2D eigenvalue weighted by Gasteiger charge is 2.35. The van der Waals surface area contributed by atoms with Gasteiger partial charge in [0.05, 0.1) is 11.3 Å². The molecule has 1 N–H and O–H groups in total. The Morgan fingerprint density at radius 3 is 2.52 bits per heavy atom. The third-order valence-corrected chi connectivity index (χ3v) is 4.90. The number of imidazole rings is 1. The molecule has 0 radical (unpaired) electrons. The number of carboxylic acid groups (broad SMARTS) is 1. The van der Waals surface area contributed by atoms with E-state index < -0.39 is 11.9 Å². The molecule has 7 heteroatoms. The minimum absolute atomic E-state index is 0.0659. The number of hydrogen-bond acceptors (Lipinski definition) is 3. The lowest BCUT2D eigenvalue weighted by molar-refractivity contribution is -0.0457. The number of nitrogens with zero attached hydrogens (tertiary/aromatic N) is 2. The Balaban J connectivity index is 2.02. The molecule has 5 nitrogen and oxygen atoms in total. The van der Waals surface area contributed by atoms with Crippen molar-refractivity contribution in [3.8, 4) is 0 Å². The topological polar surface area (TPSA) is 71.7 Å². The summed E-state index contributed by atoms with van der Waals surface area (Å²) in [5.74, 6) is -3.80. The number of carboxylic acids is 1. The van der Waals surface area contributed by atoms with Crippen LogP contribution in [-0.4, -0.2) is 32.2 Å². The summed E-state index contributed by atoms with van der Waals surface area (Å²) < 4.78 is 28.5. The van der Waals surface area contributed by atoms with E-state index in [0.717, 1.165) is 0 Å². The van der Waals surface area contributed by atoms with Crippen LogP contribution >= 0.6 is 0 Å². The van der Waals surface area contributed by atoms with Crippen LogP contribution in [0.15, 0.2) is 12.1 Å². The monoisotopic (exact) mass is 350 g/mol. The molecule has 1 saturated carbocycles. The Hall–Kier alpha value is -2.31. The Morgan fingerprint density at radius 2 is 1.96 bits per heavy atom. The highest BCUT2D eigenvalue weighted by molar-refractivity contribution is 5.95. The molecule has 0 aliphatic heterocycles. The number of ketones is 1. The van der Waals surface area contributed by atoms with Gasteiger partial charge in [-0.05, 0) is 44.2 Å². The fourth-order valence-corrected chi connectivity index (χ4v) is 3.60. The van der Waals surface area contributed by atoms with E-state index in [1.54, 1.807) is 11.3 Å². The van der Waals surface area contributed by atoms with E-state index in [1.165, 1.54) is 19.1 Å². The maximum atomic E-state index is 13.4. The molecule has 0 amide bonds. The fourth-order valence-electron chi connectivity index (χ4n) is 3.60. The summed E-state index contributed by atoms with van der Waals surface area (Å²) in [5.41, 5.74) is 2.15. The van der Waals surface area contributed by atoms with Crippen LogP contribution in [0.3, 0.4) is 0 Å². The van der Waals surface area contributed by atoms with Gasteiger partial charge in [0, 0.05) is 25.5 Å². The molecule has 0 atom stereocenters. The van der Waals surface area contributed by atoms with Gasteiger partial charge in [-0.15, -0.1) is 0 Å². The maximum Gasteiger partial charge on any atom is 0.335 e. The molecule has 1 aliphatic carbocycles. The number of aromatic carboxylic acids is 1. The molecule has 0 spiro atoms. The van der Waals surface area contributed by atoms with Gasteiger partial charge in [-0.3, -0.25) is 4.79 Å². The molecule has 2 heterocycles. The highest BCUT2D eigenvalue weighted by Crippen LogP contribution is 2.38. The number of Topliss-reactive ketones (excluding diaryl/α,β-unsaturated/α-hetero) is 1. The second-order valence-corrected chi connectivity index (χ2v) is 6.85. The number of pyridine rings is 1. The van der Waals surface area contributed by atoms with E-state index in [-0.39, 0.29) is 30.1 Å².